The second-order valence-electron chi connectivity index (χ2n) is 6.56. The molecule has 6 nitrogen and oxygen atoms in total. The van der Waals surface area contributed by atoms with E-state index in [4.69, 9.17) is 0 Å². The van der Waals surface area contributed by atoms with E-state index in [1.807, 2.05) is 6.20 Å². The molecule has 1 aliphatic carbocycles. The highest BCUT2D eigenvalue weighted by molar-refractivity contribution is 5.37. The first-order chi connectivity index (χ1) is 11.4. The number of hydrogen-bond donors (Lipinski definition) is 1. The topological polar surface area (TPSA) is 66.8 Å². The van der Waals surface area contributed by atoms with Crippen LogP contribution in [0.4, 0.5) is 11.6 Å². The molecule has 0 radical (unpaired) electrons. The lowest BCUT2D eigenvalue weighted by molar-refractivity contribution is 0.209. The fraction of sp³-hybridized carbons (Fsp3) is 0.529. The largest absolute Gasteiger partial charge is 0.369 e. The van der Waals surface area contributed by atoms with Gasteiger partial charge in [0.25, 0.3) is 0 Å². The fourth-order valence-electron chi connectivity index (χ4n) is 4.11. The molecule has 1 aliphatic heterocycles. The molecular weight excluding hydrogens is 288 g/mol. The Labute approximate surface area is 136 Å². The third-order valence-corrected chi connectivity index (χ3v) is 5.23. The number of fused-ring (bicyclic) bond motifs is 1. The Bertz CT molecular complexity index is 619. The summed E-state index contributed by atoms with van der Waals surface area (Å²) in [6, 6.07) is 0. The van der Waals surface area contributed by atoms with Gasteiger partial charge in [-0.1, -0.05) is 6.42 Å². The Hall–Kier alpha value is -2.24. The van der Waals surface area contributed by atoms with Crippen molar-refractivity contribution in [3.63, 3.8) is 0 Å². The van der Waals surface area contributed by atoms with Crippen molar-refractivity contribution in [3.8, 4) is 0 Å². The van der Waals surface area contributed by atoms with Crippen LogP contribution in [0.15, 0.2) is 37.2 Å². The molecule has 1 N–H and O–H groups in total. The Morgan fingerprint density at radius 1 is 1.00 bits per heavy atom. The van der Waals surface area contributed by atoms with E-state index < -0.39 is 0 Å². The fourth-order valence-corrected chi connectivity index (χ4v) is 4.11. The number of rotatable bonds is 4. The van der Waals surface area contributed by atoms with Gasteiger partial charge < -0.3 is 10.2 Å². The van der Waals surface area contributed by atoms with Gasteiger partial charge in [-0.3, -0.25) is 9.97 Å². The molecule has 23 heavy (non-hydrogen) atoms. The van der Waals surface area contributed by atoms with Crippen molar-refractivity contribution < 1.29 is 0 Å². The summed E-state index contributed by atoms with van der Waals surface area (Å²) in [5.41, 5.74) is 0. The first kappa shape index (κ1) is 14.4. The minimum Gasteiger partial charge on any atom is -0.369 e. The Morgan fingerprint density at radius 2 is 1.87 bits per heavy atom. The van der Waals surface area contributed by atoms with Gasteiger partial charge >= 0.3 is 0 Å². The smallest absolute Gasteiger partial charge is 0.147 e. The van der Waals surface area contributed by atoms with Crippen molar-refractivity contribution in [1.29, 1.82) is 0 Å². The quantitative estimate of drug-likeness (QED) is 0.934. The molecule has 6 heteroatoms. The lowest BCUT2D eigenvalue weighted by Gasteiger charge is -2.33. The van der Waals surface area contributed by atoms with E-state index in [9.17, 15) is 0 Å². The van der Waals surface area contributed by atoms with Crippen LogP contribution in [-0.2, 0) is 0 Å². The van der Waals surface area contributed by atoms with E-state index in [-0.39, 0.29) is 0 Å². The molecule has 2 aromatic heterocycles. The molecule has 1 saturated carbocycles. The van der Waals surface area contributed by atoms with Gasteiger partial charge in [-0.2, -0.15) is 0 Å². The highest BCUT2D eigenvalue weighted by atomic mass is 15.2. The van der Waals surface area contributed by atoms with Gasteiger partial charge in [-0.15, -0.1) is 0 Å². The summed E-state index contributed by atoms with van der Waals surface area (Å²) in [5, 5.41) is 3.46. The van der Waals surface area contributed by atoms with Crippen LogP contribution in [0.25, 0.3) is 0 Å². The summed E-state index contributed by atoms with van der Waals surface area (Å²) in [6.45, 7) is 3.19. The normalized spacial score (nSPS) is 26.8. The number of hydrogen-bond acceptors (Lipinski definition) is 6. The first-order valence-corrected chi connectivity index (χ1v) is 8.41. The van der Waals surface area contributed by atoms with Gasteiger partial charge in [0, 0.05) is 44.4 Å². The number of aromatic nitrogens is 4. The molecule has 2 fully saturated rings. The maximum atomic E-state index is 4.47. The van der Waals surface area contributed by atoms with Crippen LogP contribution in [0.5, 0.6) is 0 Å². The lowest BCUT2D eigenvalue weighted by atomic mass is 9.74. The van der Waals surface area contributed by atoms with Gasteiger partial charge in [0.2, 0.25) is 0 Å². The zero-order valence-electron chi connectivity index (χ0n) is 13.2. The van der Waals surface area contributed by atoms with E-state index in [2.05, 4.69) is 30.2 Å². The average molecular weight is 310 g/mol. The molecule has 2 aliphatic rings. The zero-order valence-corrected chi connectivity index (χ0v) is 13.2. The van der Waals surface area contributed by atoms with Crippen molar-refractivity contribution in [1.82, 2.24) is 19.9 Å². The first-order valence-electron chi connectivity index (χ1n) is 8.41. The Balaban J connectivity index is 1.41. The van der Waals surface area contributed by atoms with Crippen molar-refractivity contribution in [2.45, 2.75) is 19.3 Å². The molecule has 4 rings (SSSR count). The highest BCUT2D eigenvalue weighted by Gasteiger charge is 2.40. The zero-order chi connectivity index (χ0) is 15.5. The predicted octanol–water partition coefficient (Wildman–Crippen LogP) is 2.23. The molecule has 3 heterocycles. The van der Waals surface area contributed by atoms with Gasteiger partial charge in [0.1, 0.15) is 11.6 Å². The van der Waals surface area contributed by atoms with Gasteiger partial charge in [0.05, 0.1) is 12.4 Å². The second-order valence-corrected chi connectivity index (χ2v) is 6.56. The minimum absolute atomic E-state index is 0.692. The molecular formula is C17H22N6. The summed E-state index contributed by atoms with van der Waals surface area (Å²) in [6.07, 6.45) is 14.6. The summed E-state index contributed by atoms with van der Waals surface area (Å²) in [7, 11) is 0. The Morgan fingerprint density at radius 3 is 2.65 bits per heavy atom. The standard InChI is InChI=1S/C17H22N6/c1-2-13(8-22-16-9-18-4-6-20-16)15-12-23(11-14(15)3-1)17-10-19-5-7-21-17/h4-7,9-10,13-15H,1-3,8,11-12H2,(H,20,22)/t13-,14+,15+/m0/s1. The van der Waals surface area contributed by atoms with Gasteiger partial charge in [0.15, 0.2) is 0 Å². The van der Waals surface area contributed by atoms with E-state index in [0.29, 0.717) is 5.92 Å². The molecule has 0 unspecified atom stereocenters. The van der Waals surface area contributed by atoms with Crippen molar-refractivity contribution in [2.24, 2.45) is 17.8 Å². The van der Waals surface area contributed by atoms with Crippen LogP contribution in [0, 0.1) is 17.8 Å². The predicted molar refractivity (Wildman–Crippen MR) is 89.1 cm³/mol. The van der Waals surface area contributed by atoms with E-state index in [0.717, 1.165) is 43.1 Å². The number of nitrogens with one attached hydrogen (secondary N) is 1. The monoisotopic (exact) mass is 310 g/mol. The van der Waals surface area contributed by atoms with E-state index >= 15 is 0 Å². The van der Waals surface area contributed by atoms with Crippen molar-refractivity contribution >= 4 is 11.6 Å². The Kier molecular flexibility index (Phi) is 4.05. The van der Waals surface area contributed by atoms with Crippen molar-refractivity contribution in [2.75, 3.05) is 29.9 Å². The molecule has 120 valence electrons. The van der Waals surface area contributed by atoms with Crippen molar-refractivity contribution in [3.05, 3.63) is 37.2 Å². The average Bonchev–Trinajstić information content (AvgIpc) is 3.06. The van der Waals surface area contributed by atoms with Gasteiger partial charge in [-0.25, -0.2) is 9.97 Å². The summed E-state index contributed by atoms with van der Waals surface area (Å²) < 4.78 is 0. The van der Waals surface area contributed by atoms with Crippen LogP contribution >= 0.6 is 0 Å². The summed E-state index contributed by atoms with van der Waals surface area (Å²) in [5.74, 6) is 4.09. The third-order valence-electron chi connectivity index (χ3n) is 5.23. The molecule has 0 bridgehead atoms. The number of nitrogens with zero attached hydrogens (tertiary/aromatic N) is 5. The lowest BCUT2D eigenvalue weighted by Crippen LogP contribution is -2.32. The highest BCUT2D eigenvalue weighted by Crippen LogP contribution is 2.41. The van der Waals surface area contributed by atoms with Gasteiger partial charge in [-0.05, 0) is 30.6 Å². The molecule has 1 saturated heterocycles. The molecule has 0 aromatic carbocycles. The summed E-state index contributed by atoms with van der Waals surface area (Å²) in [4.78, 5) is 19.5. The second kappa shape index (κ2) is 6.48. The SMILES string of the molecule is c1cnc(NC[C@@H]2CCC[C@@H]3CN(c4cnccn4)C[C@@H]32)cn1. The molecule has 0 spiro atoms. The van der Waals surface area contributed by atoms with Crippen LogP contribution in [0.2, 0.25) is 0 Å². The van der Waals surface area contributed by atoms with Crippen LogP contribution < -0.4 is 10.2 Å². The third kappa shape index (κ3) is 3.11. The molecule has 0 amide bonds. The molecule has 3 atom stereocenters. The maximum Gasteiger partial charge on any atom is 0.147 e. The summed E-state index contributed by atoms with van der Waals surface area (Å²) >= 11 is 0. The minimum atomic E-state index is 0.692. The van der Waals surface area contributed by atoms with Crippen LogP contribution in [-0.4, -0.2) is 39.6 Å². The van der Waals surface area contributed by atoms with E-state index in [1.165, 1.54) is 19.3 Å². The van der Waals surface area contributed by atoms with E-state index in [1.54, 1.807) is 31.0 Å². The van der Waals surface area contributed by atoms with Crippen LogP contribution in [0.3, 0.4) is 0 Å². The maximum absolute atomic E-state index is 4.47. The van der Waals surface area contributed by atoms with Crippen LogP contribution in [0.1, 0.15) is 19.3 Å². The number of anilines is 2. The molecule has 2 aromatic rings.